The number of amides is 1. The zero-order valence-corrected chi connectivity index (χ0v) is 16.5. The Morgan fingerprint density at radius 1 is 1.29 bits per heavy atom. The highest BCUT2D eigenvalue weighted by Crippen LogP contribution is 2.39. The lowest BCUT2D eigenvalue weighted by atomic mass is 10.1. The fourth-order valence-electron chi connectivity index (χ4n) is 3.00. The number of fused-ring (bicyclic) bond motifs is 1. The number of carbonyl (C=O) groups excluding carboxylic acids is 1. The molecule has 0 fully saturated rings. The maximum absolute atomic E-state index is 12.0. The third-order valence-electron chi connectivity index (χ3n) is 4.35. The Hall–Kier alpha value is -3.03. The number of carbonyl (C=O) groups is 1. The largest absolute Gasteiger partial charge is 0.484 e. The van der Waals surface area contributed by atoms with E-state index in [1.54, 1.807) is 30.6 Å². The number of hydrogen-bond donors (Lipinski definition) is 2. The van der Waals surface area contributed by atoms with E-state index >= 15 is 0 Å². The van der Waals surface area contributed by atoms with Crippen LogP contribution in [0.4, 0.5) is 5.69 Å². The number of nitrogens with two attached hydrogens (primary N) is 2. The molecule has 1 amide bonds. The molecule has 4 rings (SSSR count). The number of thiophene rings is 1. The van der Waals surface area contributed by atoms with E-state index in [0.717, 1.165) is 21.8 Å². The Bertz CT molecular complexity index is 1180. The van der Waals surface area contributed by atoms with Crippen LogP contribution in [0.2, 0.25) is 5.02 Å². The zero-order valence-electron chi connectivity index (χ0n) is 14.9. The fourth-order valence-corrected chi connectivity index (χ4v) is 4.24. The van der Waals surface area contributed by atoms with Crippen LogP contribution in [0.5, 0.6) is 5.75 Å². The lowest BCUT2D eigenvalue weighted by molar-refractivity contribution is 0.0998. The molecule has 3 aromatic heterocycles. The van der Waals surface area contributed by atoms with Gasteiger partial charge >= 0.3 is 0 Å². The molecule has 0 bridgehead atoms. The van der Waals surface area contributed by atoms with E-state index in [9.17, 15) is 4.79 Å². The van der Waals surface area contributed by atoms with Crippen molar-refractivity contribution in [1.29, 1.82) is 0 Å². The van der Waals surface area contributed by atoms with E-state index in [4.69, 9.17) is 27.8 Å². The molecule has 142 valence electrons. The van der Waals surface area contributed by atoms with Crippen LogP contribution in [-0.2, 0) is 0 Å². The molecule has 3 heterocycles. The van der Waals surface area contributed by atoms with Gasteiger partial charge in [-0.3, -0.25) is 9.20 Å². The van der Waals surface area contributed by atoms with E-state index in [2.05, 4.69) is 4.98 Å². The summed E-state index contributed by atoms with van der Waals surface area (Å²) >= 11 is 7.52. The maximum atomic E-state index is 12.0. The van der Waals surface area contributed by atoms with Crippen molar-refractivity contribution in [1.82, 2.24) is 9.38 Å². The molecule has 0 aliphatic rings. The van der Waals surface area contributed by atoms with Crippen LogP contribution in [0.15, 0.2) is 54.9 Å². The molecule has 0 aliphatic carbocycles. The van der Waals surface area contributed by atoms with Crippen LogP contribution >= 0.6 is 22.9 Å². The summed E-state index contributed by atoms with van der Waals surface area (Å²) in [6, 6.07) is 12.8. The number of pyridine rings is 1. The van der Waals surface area contributed by atoms with E-state index in [0.29, 0.717) is 21.3 Å². The third-order valence-corrected chi connectivity index (χ3v) is 5.85. The molecule has 4 N–H and O–H groups in total. The van der Waals surface area contributed by atoms with Gasteiger partial charge in [0.1, 0.15) is 22.4 Å². The van der Waals surface area contributed by atoms with E-state index < -0.39 is 5.91 Å². The summed E-state index contributed by atoms with van der Waals surface area (Å²) in [4.78, 5) is 17.5. The lowest BCUT2D eigenvalue weighted by Gasteiger charge is -2.16. The number of rotatable bonds is 5. The average molecular weight is 413 g/mol. The first kappa shape index (κ1) is 18.3. The second-order valence-electron chi connectivity index (χ2n) is 6.28. The van der Waals surface area contributed by atoms with Gasteiger partial charge in [0.15, 0.2) is 0 Å². The lowest BCUT2D eigenvalue weighted by Crippen LogP contribution is -2.12. The Kier molecular flexibility index (Phi) is 4.70. The van der Waals surface area contributed by atoms with E-state index in [1.165, 1.54) is 11.3 Å². The Labute approximate surface area is 170 Å². The van der Waals surface area contributed by atoms with Gasteiger partial charge in [-0.1, -0.05) is 29.8 Å². The predicted molar refractivity (Wildman–Crippen MR) is 112 cm³/mol. The molecule has 28 heavy (non-hydrogen) atoms. The van der Waals surface area contributed by atoms with Crippen molar-refractivity contribution < 1.29 is 9.53 Å². The maximum Gasteiger partial charge on any atom is 0.262 e. The highest BCUT2D eigenvalue weighted by molar-refractivity contribution is 7.17. The van der Waals surface area contributed by atoms with E-state index in [-0.39, 0.29) is 6.10 Å². The van der Waals surface area contributed by atoms with Gasteiger partial charge in [-0.2, -0.15) is 0 Å². The van der Waals surface area contributed by atoms with Gasteiger partial charge in [-0.15, -0.1) is 11.3 Å². The normalized spacial score (nSPS) is 12.2. The van der Waals surface area contributed by atoms with Crippen molar-refractivity contribution in [3.63, 3.8) is 0 Å². The second kappa shape index (κ2) is 7.18. The molecule has 8 heteroatoms. The SMILES string of the molecule is C[C@@H](Oc1cc(-c2cnc3ccc(N)cn23)sc1C(N)=O)c1ccccc1Cl. The van der Waals surface area contributed by atoms with Gasteiger partial charge in [0.05, 0.1) is 16.8 Å². The van der Waals surface area contributed by atoms with Crippen molar-refractivity contribution >= 4 is 40.2 Å². The van der Waals surface area contributed by atoms with Crippen LogP contribution < -0.4 is 16.2 Å². The second-order valence-corrected chi connectivity index (χ2v) is 7.74. The van der Waals surface area contributed by atoms with Crippen molar-refractivity contribution in [3.8, 4) is 16.3 Å². The quantitative estimate of drug-likeness (QED) is 0.503. The summed E-state index contributed by atoms with van der Waals surface area (Å²) in [6.45, 7) is 1.87. The summed E-state index contributed by atoms with van der Waals surface area (Å²) in [7, 11) is 0. The van der Waals surface area contributed by atoms with Crippen LogP contribution in [0, 0.1) is 0 Å². The molecule has 0 saturated heterocycles. The third kappa shape index (κ3) is 3.30. The minimum Gasteiger partial charge on any atom is -0.484 e. The van der Waals surface area contributed by atoms with Gasteiger partial charge in [0.2, 0.25) is 0 Å². The molecule has 0 aliphatic heterocycles. The number of nitrogen functional groups attached to an aromatic ring is 1. The number of primary amides is 1. The minimum absolute atomic E-state index is 0.341. The molecular formula is C20H17ClN4O2S. The summed E-state index contributed by atoms with van der Waals surface area (Å²) in [5, 5.41) is 0.600. The van der Waals surface area contributed by atoms with Crippen molar-refractivity contribution in [3.05, 3.63) is 70.3 Å². The number of nitrogens with zero attached hydrogens (tertiary/aromatic N) is 2. The Balaban J connectivity index is 1.75. The summed E-state index contributed by atoms with van der Waals surface area (Å²) in [5.41, 5.74) is 14.5. The number of aromatic nitrogens is 2. The van der Waals surface area contributed by atoms with Crippen LogP contribution in [-0.4, -0.2) is 15.3 Å². The highest BCUT2D eigenvalue weighted by Gasteiger charge is 2.21. The van der Waals surface area contributed by atoms with Gasteiger partial charge in [0, 0.05) is 28.5 Å². The molecule has 0 spiro atoms. The number of imidazole rings is 1. The molecule has 4 aromatic rings. The monoisotopic (exact) mass is 412 g/mol. The first-order valence-corrected chi connectivity index (χ1v) is 9.71. The number of ether oxygens (including phenoxy) is 1. The standard InChI is InChI=1S/C20H17ClN4O2S/c1-11(13-4-2-3-5-14(13)21)27-16-8-17(28-19(16)20(23)26)15-9-24-18-7-6-12(22)10-25(15)18/h2-11H,22H2,1H3,(H2,23,26)/t11-/m1/s1. The van der Waals surface area contributed by atoms with Gasteiger partial charge in [-0.25, -0.2) is 4.98 Å². The first-order chi connectivity index (χ1) is 13.4. The van der Waals surface area contributed by atoms with Crippen LogP contribution in [0.3, 0.4) is 0 Å². The first-order valence-electron chi connectivity index (χ1n) is 8.51. The van der Waals surface area contributed by atoms with Gasteiger partial charge < -0.3 is 16.2 Å². The van der Waals surface area contributed by atoms with Crippen LogP contribution in [0.25, 0.3) is 16.2 Å². The minimum atomic E-state index is -0.550. The number of hydrogen-bond acceptors (Lipinski definition) is 5. The Morgan fingerprint density at radius 2 is 2.07 bits per heavy atom. The molecule has 0 saturated carbocycles. The molecule has 0 unspecified atom stereocenters. The average Bonchev–Trinajstić information content (AvgIpc) is 3.25. The number of benzene rings is 1. The summed E-state index contributed by atoms with van der Waals surface area (Å²) < 4.78 is 7.93. The molecular weight excluding hydrogens is 396 g/mol. The highest BCUT2D eigenvalue weighted by atomic mass is 35.5. The topological polar surface area (TPSA) is 95.6 Å². The van der Waals surface area contributed by atoms with Gasteiger partial charge in [0.25, 0.3) is 5.91 Å². The molecule has 6 nitrogen and oxygen atoms in total. The zero-order chi connectivity index (χ0) is 19.8. The predicted octanol–water partition coefficient (Wildman–Crippen LogP) is 4.54. The van der Waals surface area contributed by atoms with Crippen molar-refractivity contribution in [2.75, 3.05) is 5.73 Å². The fraction of sp³-hybridized carbons (Fsp3) is 0.100. The van der Waals surface area contributed by atoms with Crippen molar-refractivity contribution in [2.24, 2.45) is 5.73 Å². The smallest absolute Gasteiger partial charge is 0.262 e. The molecule has 1 atom stereocenters. The summed E-state index contributed by atoms with van der Waals surface area (Å²) in [5.74, 6) is -0.135. The molecule has 0 radical (unpaired) electrons. The summed E-state index contributed by atoms with van der Waals surface area (Å²) in [6.07, 6.45) is 3.16. The number of anilines is 1. The van der Waals surface area contributed by atoms with Crippen LogP contribution in [0.1, 0.15) is 28.3 Å². The van der Waals surface area contributed by atoms with E-state index in [1.807, 2.05) is 35.6 Å². The Morgan fingerprint density at radius 3 is 2.82 bits per heavy atom. The van der Waals surface area contributed by atoms with Gasteiger partial charge in [-0.05, 0) is 25.1 Å². The molecule has 1 aromatic carbocycles. The van der Waals surface area contributed by atoms with Crippen molar-refractivity contribution in [2.45, 2.75) is 13.0 Å². The number of halogens is 1.